The van der Waals surface area contributed by atoms with E-state index in [1.165, 1.54) is 5.56 Å². The molecule has 0 aromatic heterocycles. The maximum atomic E-state index is 11.4. The summed E-state index contributed by atoms with van der Waals surface area (Å²) < 4.78 is 11.4. The molecule has 1 aliphatic heterocycles. The van der Waals surface area contributed by atoms with E-state index >= 15 is 0 Å². The SMILES string of the molecule is C=C.CCC1(C)CCc2c(C)c(O)c(C)c(C)c2O1.COc1ccc2cc(C(C)C(C)=O)ccc2c1. The third kappa shape index (κ3) is 6.10. The minimum Gasteiger partial charge on any atom is -0.507 e. The fraction of sp³-hybridized carbons (Fsp3) is 0.406. The number of fused-ring (bicyclic) bond motifs is 2. The molecular formula is C32H42O4. The lowest BCUT2D eigenvalue weighted by Crippen LogP contribution is -2.36. The molecule has 3 aromatic rings. The van der Waals surface area contributed by atoms with Crippen LogP contribution in [0.4, 0.5) is 0 Å². The second-order valence-electron chi connectivity index (χ2n) is 9.74. The van der Waals surface area contributed by atoms with E-state index in [4.69, 9.17) is 9.47 Å². The Balaban J connectivity index is 0.000000237. The first-order chi connectivity index (χ1) is 17.0. The van der Waals surface area contributed by atoms with Gasteiger partial charge < -0.3 is 14.6 Å². The molecule has 0 spiro atoms. The summed E-state index contributed by atoms with van der Waals surface area (Å²) in [4.78, 5) is 11.4. The lowest BCUT2D eigenvalue weighted by molar-refractivity contribution is -0.118. The number of hydrogen-bond donors (Lipinski definition) is 1. The van der Waals surface area contributed by atoms with Crippen LogP contribution in [-0.4, -0.2) is 23.6 Å². The summed E-state index contributed by atoms with van der Waals surface area (Å²) in [5.41, 5.74) is 5.23. The maximum Gasteiger partial charge on any atom is 0.136 e. The molecular weight excluding hydrogens is 448 g/mol. The largest absolute Gasteiger partial charge is 0.507 e. The fourth-order valence-electron chi connectivity index (χ4n) is 4.42. The van der Waals surface area contributed by atoms with Crippen LogP contribution in [0.15, 0.2) is 49.6 Å². The molecule has 0 saturated heterocycles. The molecule has 0 fully saturated rings. The number of Topliss-reactive ketones (excluding diaryl/α,β-unsaturated/α-hetero) is 1. The molecule has 4 heteroatoms. The molecule has 0 bridgehead atoms. The standard InChI is InChI=1S/C15H22O2.C15H16O2.C2H4/c1-6-15(5)8-7-12-11(4)13(16)9(2)10(3)14(12)17-15;1-10(11(2)16)12-4-5-14-9-15(17-3)7-6-13(14)8-12;1-2/h16H,6-8H2,1-5H3;4-10H,1-3H3;1-2H2. The van der Waals surface area contributed by atoms with Gasteiger partial charge in [-0.15, -0.1) is 13.2 Å². The van der Waals surface area contributed by atoms with Crippen LogP contribution in [0.25, 0.3) is 10.8 Å². The smallest absolute Gasteiger partial charge is 0.136 e. The summed E-state index contributed by atoms with van der Waals surface area (Å²) in [5.74, 6) is 2.45. The molecule has 4 rings (SSSR count). The molecule has 0 aliphatic carbocycles. The van der Waals surface area contributed by atoms with Gasteiger partial charge >= 0.3 is 0 Å². The highest BCUT2D eigenvalue weighted by atomic mass is 16.5. The topological polar surface area (TPSA) is 55.8 Å². The molecule has 4 nitrogen and oxygen atoms in total. The van der Waals surface area contributed by atoms with Crippen LogP contribution in [0.5, 0.6) is 17.2 Å². The van der Waals surface area contributed by atoms with Crippen molar-refractivity contribution >= 4 is 16.6 Å². The van der Waals surface area contributed by atoms with Gasteiger partial charge in [0, 0.05) is 11.5 Å². The quantitative estimate of drug-likeness (QED) is 0.375. The average Bonchev–Trinajstić information content (AvgIpc) is 2.91. The van der Waals surface area contributed by atoms with Gasteiger partial charge in [0.15, 0.2) is 0 Å². The monoisotopic (exact) mass is 490 g/mol. The number of methoxy groups -OCH3 is 1. The summed E-state index contributed by atoms with van der Waals surface area (Å²) in [6, 6.07) is 12.1. The predicted octanol–water partition coefficient (Wildman–Crippen LogP) is 8.15. The summed E-state index contributed by atoms with van der Waals surface area (Å²) in [6.07, 6.45) is 3.05. The highest BCUT2D eigenvalue weighted by Gasteiger charge is 2.32. The van der Waals surface area contributed by atoms with E-state index in [-0.39, 0.29) is 17.3 Å². The van der Waals surface area contributed by atoms with Gasteiger partial charge in [-0.25, -0.2) is 0 Å². The van der Waals surface area contributed by atoms with E-state index < -0.39 is 0 Å². The van der Waals surface area contributed by atoms with Crippen LogP contribution in [0, 0.1) is 20.8 Å². The molecule has 2 unspecified atom stereocenters. The third-order valence-corrected chi connectivity index (χ3v) is 7.52. The molecule has 0 radical (unpaired) electrons. The van der Waals surface area contributed by atoms with Crippen LogP contribution in [0.2, 0.25) is 0 Å². The maximum absolute atomic E-state index is 11.4. The predicted molar refractivity (Wildman–Crippen MR) is 151 cm³/mol. The highest BCUT2D eigenvalue weighted by Crippen LogP contribution is 2.43. The Labute approximate surface area is 217 Å². The lowest BCUT2D eigenvalue weighted by Gasteiger charge is -2.37. The van der Waals surface area contributed by atoms with E-state index in [1.807, 2.05) is 58.0 Å². The summed E-state index contributed by atoms with van der Waals surface area (Å²) in [6.45, 7) is 19.9. The number of phenols is 1. The number of ether oxygens (including phenoxy) is 2. The zero-order valence-electron chi connectivity index (χ0n) is 23.2. The molecule has 1 aliphatic rings. The van der Waals surface area contributed by atoms with Crippen molar-refractivity contribution in [2.75, 3.05) is 7.11 Å². The van der Waals surface area contributed by atoms with Crippen LogP contribution in [0.1, 0.15) is 74.3 Å². The van der Waals surface area contributed by atoms with Gasteiger partial charge in [0.05, 0.1) is 7.11 Å². The van der Waals surface area contributed by atoms with Crippen molar-refractivity contribution in [3.63, 3.8) is 0 Å². The molecule has 1 heterocycles. The zero-order chi connectivity index (χ0) is 27.2. The van der Waals surface area contributed by atoms with Crippen LogP contribution < -0.4 is 9.47 Å². The van der Waals surface area contributed by atoms with E-state index in [9.17, 15) is 9.90 Å². The van der Waals surface area contributed by atoms with Crippen molar-refractivity contribution in [2.45, 2.75) is 79.2 Å². The lowest BCUT2D eigenvalue weighted by atomic mass is 9.86. The Morgan fingerprint density at radius 3 is 2.28 bits per heavy atom. The first-order valence-electron chi connectivity index (χ1n) is 12.6. The van der Waals surface area contributed by atoms with Gasteiger partial charge in [0.25, 0.3) is 0 Å². The van der Waals surface area contributed by atoms with E-state index in [1.54, 1.807) is 14.0 Å². The van der Waals surface area contributed by atoms with E-state index in [0.717, 1.165) is 63.8 Å². The van der Waals surface area contributed by atoms with Gasteiger partial charge in [-0.1, -0.05) is 38.1 Å². The van der Waals surface area contributed by atoms with E-state index in [0.29, 0.717) is 5.75 Å². The van der Waals surface area contributed by atoms with Gasteiger partial charge in [-0.3, -0.25) is 4.79 Å². The Hall–Kier alpha value is -3.27. The van der Waals surface area contributed by atoms with Gasteiger partial charge in [0.2, 0.25) is 0 Å². The van der Waals surface area contributed by atoms with Gasteiger partial charge in [-0.05, 0) is 99.0 Å². The number of hydrogen-bond acceptors (Lipinski definition) is 4. The van der Waals surface area contributed by atoms with Crippen molar-refractivity contribution in [1.29, 1.82) is 0 Å². The molecule has 3 aromatic carbocycles. The van der Waals surface area contributed by atoms with Gasteiger partial charge in [0.1, 0.15) is 28.6 Å². The second kappa shape index (κ2) is 12.1. The van der Waals surface area contributed by atoms with Crippen molar-refractivity contribution in [1.82, 2.24) is 0 Å². The minimum absolute atomic E-state index is 0.0403. The fourth-order valence-corrected chi connectivity index (χ4v) is 4.42. The first kappa shape index (κ1) is 29.0. The number of phenolic OH excluding ortho intramolecular Hbond substituents is 1. The van der Waals surface area contributed by atoms with Gasteiger partial charge in [-0.2, -0.15) is 0 Å². The average molecular weight is 491 g/mol. The van der Waals surface area contributed by atoms with Crippen LogP contribution in [0.3, 0.4) is 0 Å². The molecule has 0 amide bonds. The van der Waals surface area contributed by atoms with Crippen molar-refractivity contribution in [3.05, 3.63) is 77.4 Å². The molecule has 36 heavy (non-hydrogen) atoms. The Morgan fingerprint density at radius 2 is 1.69 bits per heavy atom. The number of aromatic hydroxyl groups is 1. The Bertz CT molecular complexity index is 1230. The summed E-state index contributed by atoms with van der Waals surface area (Å²) in [7, 11) is 1.66. The zero-order valence-corrected chi connectivity index (χ0v) is 23.2. The Morgan fingerprint density at radius 1 is 1.08 bits per heavy atom. The molecule has 0 saturated carbocycles. The second-order valence-corrected chi connectivity index (χ2v) is 9.74. The summed E-state index contributed by atoms with van der Waals surface area (Å²) >= 11 is 0. The number of benzene rings is 3. The molecule has 2 atom stereocenters. The van der Waals surface area contributed by atoms with Crippen LogP contribution in [-0.2, 0) is 11.2 Å². The normalized spacial score (nSPS) is 16.9. The Kier molecular flexibility index (Phi) is 9.75. The molecule has 194 valence electrons. The molecule has 1 N–H and O–H groups in total. The first-order valence-corrected chi connectivity index (χ1v) is 12.6. The number of carbonyl (C=O) groups excluding carboxylic acids is 1. The summed E-state index contributed by atoms with van der Waals surface area (Å²) in [5, 5.41) is 12.3. The highest BCUT2D eigenvalue weighted by molar-refractivity contribution is 5.88. The van der Waals surface area contributed by atoms with Crippen molar-refractivity contribution in [2.24, 2.45) is 0 Å². The third-order valence-electron chi connectivity index (χ3n) is 7.52. The van der Waals surface area contributed by atoms with Crippen molar-refractivity contribution in [3.8, 4) is 17.2 Å². The number of ketones is 1. The number of rotatable bonds is 4. The minimum atomic E-state index is -0.0480. The number of carbonyl (C=O) groups is 1. The van der Waals surface area contributed by atoms with Crippen molar-refractivity contribution < 1.29 is 19.4 Å². The van der Waals surface area contributed by atoms with E-state index in [2.05, 4.69) is 33.1 Å². The van der Waals surface area contributed by atoms with Crippen LogP contribution >= 0.6 is 0 Å².